The van der Waals surface area contributed by atoms with E-state index >= 15 is 0 Å². The molecule has 1 saturated heterocycles. The van der Waals surface area contributed by atoms with E-state index in [9.17, 15) is 5.11 Å². The van der Waals surface area contributed by atoms with Crippen LogP contribution in [0.2, 0.25) is 0 Å². The topological polar surface area (TPSA) is 71.3 Å². The van der Waals surface area contributed by atoms with Gasteiger partial charge in [0.25, 0.3) is 0 Å². The predicted octanol–water partition coefficient (Wildman–Crippen LogP) is -0.0412. The summed E-state index contributed by atoms with van der Waals surface area (Å²) in [6, 6.07) is 0. The van der Waals surface area contributed by atoms with Gasteiger partial charge in [0.1, 0.15) is 6.10 Å². The number of nitrogens with zero attached hydrogens (tertiary/aromatic N) is 1. The molecule has 1 heterocycles. The van der Waals surface area contributed by atoms with Gasteiger partial charge in [0.05, 0.1) is 11.8 Å². The van der Waals surface area contributed by atoms with Gasteiger partial charge in [-0.25, -0.2) is 0 Å². The smallest absolute Gasteiger partial charge is 0.163 e. The molecule has 1 aliphatic rings. The van der Waals surface area contributed by atoms with Gasteiger partial charge in [-0.2, -0.15) is 0 Å². The average Bonchev–Trinajstić information content (AvgIpc) is 2.09. The van der Waals surface area contributed by atoms with E-state index < -0.39 is 18.5 Å². The van der Waals surface area contributed by atoms with Crippen LogP contribution in [0.25, 0.3) is 0 Å². The van der Waals surface area contributed by atoms with Gasteiger partial charge in [-0.3, -0.25) is 0 Å². The maximum absolute atomic E-state index is 9.38. The van der Waals surface area contributed by atoms with E-state index in [-0.39, 0.29) is 0 Å². The Kier molecular flexibility index (Phi) is 3.02. The van der Waals surface area contributed by atoms with Crippen molar-refractivity contribution in [1.29, 1.82) is 0 Å². The van der Waals surface area contributed by atoms with Gasteiger partial charge < -0.3 is 19.8 Å². The highest BCUT2D eigenvalue weighted by molar-refractivity contribution is 5.89. The molecule has 5 nitrogen and oxygen atoms in total. The van der Waals surface area contributed by atoms with Crippen molar-refractivity contribution in [2.24, 2.45) is 5.16 Å². The zero-order valence-electron chi connectivity index (χ0n) is 7.10. The van der Waals surface area contributed by atoms with Gasteiger partial charge in [0.2, 0.25) is 0 Å². The first-order valence-corrected chi connectivity index (χ1v) is 3.76. The lowest BCUT2D eigenvalue weighted by Gasteiger charge is -2.31. The van der Waals surface area contributed by atoms with Crippen LogP contribution in [0.1, 0.15) is 13.3 Å². The number of oxime groups is 1. The predicted molar refractivity (Wildman–Crippen MR) is 41.2 cm³/mol. The summed E-state index contributed by atoms with van der Waals surface area (Å²) in [6.07, 6.45) is -1.34. The van der Waals surface area contributed by atoms with Crippen LogP contribution in [-0.4, -0.2) is 41.6 Å². The van der Waals surface area contributed by atoms with Crippen molar-refractivity contribution < 1.29 is 19.8 Å². The van der Waals surface area contributed by atoms with E-state index in [1.165, 1.54) is 7.11 Å². The average molecular weight is 175 g/mol. The summed E-state index contributed by atoms with van der Waals surface area (Å²) in [5.41, 5.74) is 0.306. The van der Waals surface area contributed by atoms with E-state index in [1.54, 1.807) is 6.92 Å². The summed E-state index contributed by atoms with van der Waals surface area (Å²) in [7, 11) is 1.50. The molecule has 0 aromatic carbocycles. The Hall–Kier alpha value is -0.650. The molecule has 0 bridgehead atoms. The second-order valence-electron chi connectivity index (χ2n) is 2.75. The van der Waals surface area contributed by atoms with Crippen LogP contribution in [0.15, 0.2) is 5.16 Å². The SMILES string of the molecule is COC1C/C(=N\O)[C@@H](O)[C@H](C)O1. The zero-order valence-corrected chi connectivity index (χ0v) is 7.10. The first-order chi connectivity index (χ1) is 5.69. The molecule has 0 amide bonds. The molecule has 12 heavy (non-hydrogen) atoms. The molecule has 1 fully saturated rings. The first kappa shape index (κ1) is 9.44. The molecule has 0 aromatic heterocycles. The Balaban J connectivity index is 2.65. The molecule has 2 N–H and O–H groups in total. The Morgan fingerprint density at radius 1 is 1.67 bits per heavy atom. The van der Waals surface area contributed by atoms with Crippen LogP contribution < -0.4 is 0 Å². The minimum atomic E-state index is -0.832. The molecule has 0 spiro atoms. The number of rotatable bonds is 1. The highest BCUT2D eigenvalue weighted by Gasteiger charge is 2.32. The molecule has 70 valence electrons. The van der Waals surface area contributed by atoms with E-state index in [0.717, 1.165) is 0 Å². The van der Waals surface area contributed by atoms with Crippen molar-refractivity contribution in [2.75, 3.05) is 7.11 Å². The molecule has 0 radical (unpaired) electrons. The second-order valence-corrected chi connectivity index (χ2v) is 2.75. The summed E-state index contributed by atoms with van der Waals surface area (Å²) in [5, 5.41) is 20.9. The van der Waals surface area contributed by atoms with E-state index in [0.29, 0.717) is 12.1 Å². The lowest BCUT2D eigenvalue weighted by molar-refractivity contribution is -0.175. The van der Waals surface area contributed by atoms with Crippen LogP contribution in [0.4, 0.5) is 0 Å². The maximum atomic E-state index is 9.38. The van der Waals surface area contributed by atoms with Crippen molar-refractivity contribution in [3.05, 3.63) is 0 Å². The van der Waals surface area contributed by atoms with Crippen LogP contribution in [0.3, 0.4) is 0 Å². The van der Waals surface area contributed by atoms with Crippen molar-refractivity contribution in [1.82, 2.24) is 0 Å². The van der Waals surface area contributed by atoms with Crippen molar-refractivity contribution in [2.45, 2.75) is 31.8 Å². The monoisotopic (exact) mass is 175 g/mol. The zero-order chi connectivity index (χ0) is 9.14. The molecular formula is C7H13NO4. The Labute approximate surface area is 70.6 Å². The van der Waals surface area contributed by atoms with Crippen molar-refractivity contribution >= 4 is 5.71 Å². The van der Waals surface area contributed by atoms with Crippen LogP contribution in [0.5, 0.6) is 0 Å². The van der Waals surface area contributed by atoms with Gasteiger partial charge in [-0.1, -0.05) is 5.16 Å². The van der Waals surface area contributed by atoms with Crippen molar-refractivity contribution in [3.63, 3.8) is 0 Å². The third kappa shape index (κ3) is 1.74. The molecule has 0 saturated carbocycles. The highest BCUT2D eigenvalue weighted by Crippen LogP contribution is 2.17. The lowest BCUT2D eigenvalue weighted by Crippen LogP contribution is -2.44. The summed E-state index contributed by atoms with van der Waals surface area (Å²) in [4.78, 5) is 0. The molecule has 5 heteroatoms. The minimum Gasteiger partial charge on any atom is -0.411 e. The van der Waals surface area contributed by atoms with Crippen LogP contribution in [0, 0.1) is 0 Å². The minimum absolute atomic E-state index is 0.304. The van der Waals surface area contributed by atoms with Gasteiger partial charge >= 0.3 is 0 Å². The quantitative estimate of drug-likeness (QED) is 0.433. The first-order valence-electron chi connectivity index (χ1n) is 3.76. The standard InChI is InChI=1S/C7H13NO4/c1-4-7(9)5(8-10)3-6(11-2)12-4/h4,6-7,9-10H,3H2,1-2H3/b8-5+/t4-,6?,7-/m0/s1. The molecule has 3 atom stereocenters. The van der Waals surface area contributed by atoms with E-state index in [4.69, 9.17) is 14.7 Å². The van der Waals surface area contributed by atoms with Gasteiger partial charge in [0.15, 0.2) is 6.29 Å². The number of methoxy groups -OCH3 is 1. The third-order valence-corrected chi connectivity index (χ3v) is 1.92. The third-order valence-electron chi connectivity index (χ3n) is 1.92. The number of aliphatic hydroxyl groups is 1. The van der Waals surface area contributed by atoms with Gasteiger partial charge in [0, 0.05) is 13.5 Å². The molecule has 0 aliphatic carbocycles. The fraction of sp³-hybridized carbons (Fsp3) is 0.857. The van der Waals surface area contributed by atoms with Crippen molar-refractivity contribution in [3.8, 4) is 0 Å². The number of ether oxygens (including phenoxy) is 2. The van der Waals surface area contributed by atoms with Crippen LogP contribution in [-0.2, 0) is 9.47 Å². The summed E-state index contributed by atoms with van der Waals surface area (Å²) in [5.74, 6) is 0. The fourth-order valence-corrected chi connectivity index (χ4v) is 1.16. The Bertz CT molecular complexity index is 182. The second kappa shape index (κ2) is 3.84. The molecule has 1 aliphatic heterocycles. The number of hydrogen-bond donors (Lipinski definition) is 2. The largest absolute Gasteiger partial charge is 0.411 e. The highest BCUT2D eigenvalue weighted by atomic mass is 16.7. The lowest BCUT2D eigenvalue weighted by atomic mass is 10.0. The van der Waals surface area contributed by atoms with Gasteiger partial charge in [-0.05, 0) is 6.92 Å². The molecule has 1 rings (SSSR count). The Morgan fingerprint density at radius 2 is 2.33 bits per heavy atom. The van der Waals surface area contributed by atoms with Gasteiger partial charge in [-0.15, -0.1) is 0 Å². The Morgan fingerprint density at radius 3 is 2.83 bits per heavy atom. The molecule has 1 unspecified atom stereocenters. The fourth-order valence-electron chi connectivity index (χ4n) is 1.16. The normalized spacial score (nSPS) is 40.2. The summed E-state index contributed by atoms with van der Waals surface area (Å²) < 4.78 is 10.1. The summed E-state index contributed by atoms with van der Waals surface area (Å²) in [6.45, 7) is 1.70. The van der Waals surface area contributed by atoms with E-state index in [2.05, 4.69) is 5.16 Å². The van der Waals surface area contributed by atoms with Crippen LogP contribution >= 0.6 is 0 Å². The van der Waals surface area contributed by atoms with E-state index in [1.807, 2.05) is 0 Å². The maximum Gasteiger partial charge on any atom is 0.163 e. The molecule has 0 aromatic rings. The number of aliphatic hydroxyl groups excluding tert-OH is 1. The number of hydrogen-bond acceptors (Lipinski definition) is 5. The summed E-state index contributed by atoms with van der Waals surface area (Å²) >= 11 is 0. The molecular weight excluding hydrogens is 162 g/mol.